The Kier molecular flexibility index (Phi) is 6.72. The normalized spacial score (nSPS) is 10.4. The Morgan fingerprint density at radius 3 is 2.67 bits per heavy atom. The highest BCUT2D eigenvalue weighted by molar-refractivity contribution is 9.09. The van der Waals surface area contributed by atoms with Gasteiger partial charge in [-0.05, 0) is 37.5 Å². The summed E-state index contributed by atoms with van der Waals surface area (Å²) in [7, 11) is 1.83. The topological polar surface area (TPSA) is 20.3 Å². The average molecular weight is 333 g/mol. The smallest absolute Gasteiger partial charge is 0.255 e. The SMILES string of the molecule is Cc1ccc(C(=O)N(C)CCCCCBr)c(Cl)c1. The van der Waals surface area contributed by atoms with E-state index >= 15 is 0 Å². The summed E-state index contributed by atoms with van der Waals surface area (Å²) in [5.41, 5.74) is 1.65. The lowest BCUT2D eigenvalue weighted by Gasteiger charge is -2.18. The van der Waals surface area contributed by atoms with E-state index in [1.165, 1.54) is 0 Å². The molecule has 0 aromatic heterocycles. The number of benzene rings is 1. The number of hydrogen-bond donors (Lipinski definition) is 0. The molecular formula is C14H19BrClNO. The number of nitrogens with zero attached hydrogens (tertiary/aromatic N) is 1. The maximum Gasteiger partial charge on any atom is 0.255 e. The Bertz CT molecular complexity index is 409. The summed E-state index contributed by atoms with van der Waals surface area (Å²) in [4.78, 5) is 13.9. The Morgan fingerprint density at radius 2 is 2.06 bits per heavy atom. The lowest BCUT2D eigenvalue weighted by atomic mass is 10.1. The maximum absolute atomic E-state index is 12.2. The minimum Gasteiger partial charge on any atom is -0.342 e. The molecule has 4 heteroatoms. The van der Waals surface area contributed by atoms with Gasteiger partial charge in [0.15, 0.2) is 0 Å². The van der Waals surface area contributed by atoms with Crippen LogP contribution in [0.4, 0.5) is 0 Å². The quantitative estimate of drug-likeness (QED) is 0.562. The van der Waals surface area contributed by atoms with Crippen molar-refractivity contribution in [3.8, 4) is 0 Å². The number of carbonyl (C=O) groups excluding carboxylic acids is 1. The second-order valence-corrected chi connectivity index (χ2v) is 5.66. The summed E-state index contributed by atoms with van der Waals surface area (Å²) >= 11 is 9.50. The zero-order valence-electron chi connectivity index (χ0n) is 10.9. The van der Waals surface area contributed by atoms with Crippen molar-refractivity contribution < 1.29 is 4.79 Å². The molecule has 0 unspecified atom stereocenters. The summed E-state index contributed by atoms with van der Waals surface area (Å²) in [6, 6.07) is 5.54. The fraction of sp³-hybridized carbons (Fsp3) is 0.500. The molecular weight excluding hydrogens is 314 g/mol. The lowest BCUT2D eigenvalue weighted by molar-refractivity contribution is 0.0793. The number of aryl methyl sites for hydroxylation is 1. The minimum atomic E-state index is -0.00107. The summed E-state index contributed by atoms with van der Waals surface area (Å²) in [6.45, 7) is 2.74. The van der Waals surface area contributed by atoms with E-state index in [2.05, 4.69) is 15.9 Å². The monoisotopic (exact) mass is 331 g/mol. The predicted octanol–water partition coefficient (Wildman–Crippen LogP) is 4.29. The number of unbranched alkanes of at least 4 members (excludes halogenated alkanes) is 2. The van der Waals surface area contributed by atoms with Crippen LogP contribution in [0.3, 0.4) is 0 Å². The Labute approximate surface area is 122 Å². The van der Waals surface area contributed by atoms with Crippen molar-refractivity contribution in [2.45, 2.75) is 26.2 Å². The molecule has 0 saturated heterocycles. The van der Waals surface area contributed by atoms with Crippen molar-refractivity contribution in [2.24, 2.45) is 0 Å². The molecule has 1 amide bonds. The van der Waals surface area contributed by atoms with Crippen molar-refractivity contribution in [1.29, 1.82) is 0 Å². The molecule has 0 spiro atoms. The fourth-order valence-electron chi connectivity index (χ4n) is 1.72. The summed E-state index contributed by atoms with van der Waals surface area (Å²) < 4.78 is 0. The number of alkyl halides is 1. The second-order valence-electron chi connectivity index (χ2n) is 4.46. The van der Waals surface area contributed by atoms with Gasteiger partial charge in [-0.2, -0.15) is 0 Å². The van der Waals surface area contributed by atoms with Crippen LogP contribution in [-0.2, 0) is 0 Å². The molecule has 0 bridgehead atoms. The summed E-state index contributed by atoms with van der Waals surface area (Å²) in [5, 5.41) is 1.56. The summed E-state index contributed by atoms with van der Waals surface area (Å²) in [5.74, 6) is -0.00107. The van der Waals surface area contributed by atoms with Gasteiger partial charge in [-0.1, -0.05) is 40.0 Å². The van der Waals surface area contributed by atoms with Crippen LogP contribution in [0.5, 0.6) is 0 Å². The third-order valence-corrected chi connectivity index (χ3v) is 3.70. The third kappa shape index (κ3) is 4.62. The number of halogens is 2. The molecule has 18 heavy (non-hydrogen) atoms. The molecule has 0 fully saturated rings. The molecule has 1 rings (SSSR count). The van der Waals surface area contributed by atoms with E-state index in [0.717, 1.165) is 36.7 Å². The van der Waals surface area contributed by atoms with Crippen LogP contribution in [0.25, 0.3) is 0 Å². The molecule has 1 aromatic carbocycles. The van der Waals surface area contributed by atoms with Gasteiger partial charge in [0.1, 0.15) is 0 Å². The largest absolute Gasteiger partial charge is 0.342 e. The molecule has 0 aliphatic carbocycles. The van der Waals surface area contributed by atoms with E-state index in [9.17, 15) is 4.79 Å². The van der Waals surface area contributed by atoms with Crippen molar-refractivity contribution in [3.63, 3.8) is 0 Å². The molecule has 0 aliphatic heterocycles. The van der Waals surface area contributed by atoms with Crippen LogP contribution in [-0.4, -0.2) is 29.7 Å². The van der Waals surface area contributed by atoms with Crippen LogP contribution < -0.4 is 0 Å². The highest BCUT2D eigenvalue weighted by Gasteiger charge is 2.14. The first-order valence-electron chi connectivity index (χ1n) is 6.14. The first kappa shape index (κ1) is 15.5. The number of amides is 1. The summed E-state index contributed by atoms with van der Waals surface area (Å²) in [6.07, 6.45) is 3.30. The van der Waals surface area contributed by atoms with Gasteiger partial charge in [0, 0.05) is 18.9 Å². The van der Waals surface area contributed by atoms with Gasteiger partial charge in [0.25, 0.3) is 5.91 Å². The van der Waals surface area contributed by atoms with Gasteiger partial charge >= 0.3 is 0 Å². The van der Waals surface area contributed by atoms with Gasteiger partial charge in [0.05, 0.1) is 10.6 Å². The average Bonchev–Trinajstić information content (AvgIpc) is 2.33. The van der Waals surface area contributed by atoms with Crippen molar-refractivity contribution >= 4 is 33.4 Å². The van der Waals surface area contributed by atoms with Gasteiger partial charge in [-0.15, -0.1) is 0 Å². The first-order valence-corrected chi connectivity index (χ1v) is 7.63. The first-order chi connectivity index (χ1) is 8.56. The zero-order chi connectivity index (χ0) is 13.5. The van der Waals surface area contributed by atoms with Crippen molar-refractivity contribution in [1.82, 2.24) is 4.90 Å². The minimum absolute atomic E-state index is 0.00107. The van der Waals surface area contributed by atoms with Gasteiger partial charge < -0.3 is 4.90 Å². The van der Waals surface area contributed by atoms with E-state index in [4.69, 9.17) is 11.6 Å². The van der Waals surface area contributed by atoms with Crippen LogP contribution in [0.2, 0.25) is 5.02 Å². The maximum atomic E-state index is 12.2. The Morgan fingerprint density at radius 1 is 1.33 bits per heavy atom. The molecule has 0 atom stereocenters. The highest BCUT2D eigenvalue weighted by atomic mass is 79.9. The van der Waals surface area contributed by atoms with E-state index in [1.807, 2.05) is 26.1 Å². The van der Waals surface area contributed by atoms with Crippen LogP contribution in [0.15, 0.2) is 18.2 Å². The Balaban J connectivity index is 2.57. The number of carbonyl (C=O) groups is 1. The van der Waals surface area contributed by atoms with E-state index in [-0.39, 0.29) is 5.91 Å². The predicted molar refractivity (Wildman–Crippen MR) is 80.8 cm³/mol. The van der Waals surface area contributed by atoms with Gasteiger partial charge in [-0.25, -0.2) is 0 Å². The molecule has 0 radical (unpaired) electrons. The van der Waals surface area contributed by atoms with Crippen LogP contribution in [0, 0.1) is 6.92 Å². The molecule has 1 aromatic rings. The van der Waals surface area contributed by atoms with E-state index < -0.39 is 0 Å². The lowest BCUT2D eigenvalue weighted by Crippen LogP contribution is -2.28. The number of hydrogen-bond acceptors (Lipinski definition) is 1. The number of rotatable bonds is 6. The van der Waals surface area contributed by atoms with Gasteiger partial charge in [-0.3, -0.25) is 4.79 Å². The second kappa shape index (κ2) is 7.80. The zero-order valence-corrected chi connectivity index (χ0v) is 13.2. The van der Waals surface area contributed by atoms with Gasteiger partial charge in [0.2, 0.25) is 0 Å². The van der Waals surface area contributed by atoms with E-state index in [1.54, 1.807) is 11.0 Å². The molecule has 2 nitrogen and oxygen atoms in total. The highest BCUT2D eigenvalue weighted by Crippen LogP contribution is 2.19. The molecule has 0 saturated carbocycles. The molecule has 0 N–H and O–H groups in total. The molecule has 0 heterocycles. The van der Waals surface area contributed by atoms with E-state index in [0.29, 0.717) is 10.6 Å². The Hall–Kier alpha value is -0.540. The van der Waals surface area contributed by atoms with Crippen LogP contribution in [0.1, 0.15) is 35.2 Å². The van der Waals surface area contributed by atoms with Crippen LogP contribution >= 0.6 is 27.5 Å². The molecule has 100 valence electrons. The van der Waals surface area contributed by atoms with Crippen molar-refractivity contribution in [2.75, 3.05) is 18.9 Å². The standard InChI is InChI=1S/C14H19BrClNO/c1-11-6-7-12(13(16)10-11)14(18)17(2)9-5-3-4-8-15/h6-7,10H,3-5,8-9H2,1-2H3. The van der Waals surface area contributed by atoms with Crippen molar-refractivity contribution in [3.05, 3.63) is 34.3 Å². The fourth-order valence-corrected chi connectivity index (χ4v) is 2.43. The third-order valence-electron chi connectivity index (χ3n) is 2.83. The molecule has 0 aliphatic rings.